The van der Waals surface area contributed by atoms with Crippen LogP contribution in [-0.4, -0.2) is 24.0 Å². The number of nitrogens with zero attached hydrogens (tertiary/aromatic N) is 1. The third-order valence-electron chi connectivity index (χ3n) is 3.17. The van der Waals surface area contributed by atoms with Gasteiger partial charge in [-0.15, -0.1) is 0 Å². The molecule has 1 heterocycles. The van der Waals surface area contributed by atoms with E-state index in [-0.39, 0.29) is 0 Å². The first-order chi connectivity index (χ1) is 6.04. The Balaban J connectivity index is 0.000000671. The molecule has 0 saturated carbocycles. The van der Waals surface area contributed by atoms with Gasteiger partial charge in [-0.2, -0.15) is 0 Å². The van der Waals surface area contributed by atoms with E-state index < -0.39 is 0 Å². The van der Waals surface area contributed by atoms with E-state index in [2.05, 4.69) is 32.7 Å². The first kappa shape index (κ1) is 13.0. The van der Waals surface area contributed by atoms with Crippen LogP contribution in [0.5, 0.6) is 0 Å². The van der Waals surface area contributed by atoms with Crippen molar-refractivity contribution in [3.8, 4) is 0 Å². The van der Waals surface area contributed by atoms with E-state index in [4.69, 9.17) is 0 Å². The lowest BCUT2D eigenvalue weighted by Gasteiger charge is -2.49. The van der Waals surface area contributed by atoms with Gasteiger partial charge in [-0.1, -0.05) is 27.7 Å². The Morgan fingerprint density at radius 2 is 1.85 bits per heavy atom. The molecule has 0 aromatic carbocycles. The van der Waals surface area contributed by atoms with Crippen LogP contribution in [0.2, 0.25) is 0 Å². The van der Waals surface area contributed by atoms with E-state index >= 15 is 0 Å². The molecule has 0 aromatic heterocycles. The van der Waals surface area contributed by atoms with Gasteiger partial charge in [0.05, 0.1) is 0 Å². The Hall–Kier alpha value is -0.0400. The highest BCUT2D eigenvalue weighted by atomic mass is 15.2. The molecule has 1 atom stereocenters. The van der Waals surface area contributed by atoms with Gasteiger partial charge in [0.15, 0.2) is 0 Å². The highest BCUT2D eigenvalue weighted by molar-refractivity contribution is 4.93. The summed E-state index contributed by atoms with van der Waals surface area (Å²) in [5.41, 5.74) is 0.546. The Morgan fingerprint density at radius 3 is 2.08 bits per heavy atom. The second kappa shape index (κ2) is 5.64. The van der Waals surface area contributed by atoms with E-state index in [1.54, 1.807) is 0 Å². The van der Waals surface area contributed by atoms with Gasteiger partial charge in [-0.25, -0.2) is 0 Å². The fourth-order valence-electron chi connectivity index (χ4n) is 1.63. The van der Waals surface area contributed by atoms with Crippen molar-refractivity contribution in [1.82, 2.24) is 4.90 Å². The van der Waals surface area contributed by atoms with E-state index in [1.807, 2.05) is 13.8 Å². The molecule has 1 saturated heterocycles. The number of hydrogen-bond donors (Lipinski definition) is 0. The number of hydrogen-bond acceptors (Lipinski definition) is 1. The van der Waals surface area contributed by atoms with Gasteiger partial charge in [-0.3, -0.25) is 0 Å². The molecule has 0 bridgehead atoms. The molecule has 0 aromatic rings. The summed E-state index contributed by atoms with van der Waals surface area (Å²) in [4.78, 5) is 2.48. The fourth-order valence-corrected chi connectivity index (χ4v) is 1.63. The molecule has 0 aliphatic carbocycles. The Kier molecular flexibility index (Phi) is 5.62. The lowest BCUT2D eigenvalue weighted by molar-refractivity contribution is 0.0159. The molecule has 1 rings (SSSR count). The van der Waals surface area contributed by atoms with Crippen LogP contribution < -0.4 is 0 Å². The lowest BCUT2D eigenvalue weighted by Crippen LogP contribution is -2.55. The van der Waals surface area contributed by atoms with Crippen molar-refractivity contribution in [1.29, 1.82) is 0 Å². The molecule has 1 heteroatoms. The quantitative estimate of drug-likeness (QED) is 0.650. The monoisotopic (exact) mass is 185 g/mol. The van der Waals surface area contributed by atoms with Crippen LogP contribution in [0.1, 0.15) is 53.9 Å². The zero-order chi connectivity index (χ0) is 10.5. The summed E-state index contributed by atoms with van der Waals surface area (Å²) in [6, 6.07) is 0. The molecule has 1 aliphatic heterocycles. The van der Waals surface area contributed by atoms with E-state index in [0.29, 0.717) is 5.54 Å². The van der Waals surface area contributed by atoms with Crippen molar-refractivity contribution in [2.24, 2.45) is 5.92 Å². The smallest absolute Gasteiger partial charge is 0.0190 e. The molecule has 1 aliphatic rings. The van der Waals surface area contributed by atoms with Crippen LogP contribution >= 0.6 is 0 Å². The second-order valence-electron chi connectivity index (χ2n) is 4.60. The lowest BCUT2D eigenvalue weighted by atomic mass is 9.81. The molecule has 13 heavy (non-hydrogen) atoms. The predicted molar refractivity (Wildman–Crippen MR) is 61.1 cm³/mol. The first-order valence-electron chi connectivity index (χ1n) is 5.76. The summed E-state index contributed by atoms with van der Waals surface area (Å²) >= 11 is 0. The van der Waals surface area contributed by atoms with Crippen molar-refractivity contribution in [3.05, 3.63) is 0 Å². The fraction of sp³-hybridized carbons (Fsp3) is 1.00. The molecular formula is C12H27N. The zero-order valence-corrected chi connectivity index (χ0v) is 10.4. The summed E-state index contributed by atoms with van der Waals surface area (Å²) in [6.45, 7) is 12.3. The van der Waals surface area contributed by atoms with Gasteiger partial charge in [-0.05, 0) is 39.2 Å². The van der Waals surface area contributed by atoms with Crippen LogP contribution in [0.15, 0.2) is 0 Å². The van der Waals surface area contributed by atoms with E-state index in [0.717, 1.165) is 5.92 Å². The van der Waals surface area contributed by atoms with Gasteiger partial charge in [0.25, 0.3) is 0 Å². The summed E-state index contributed by atoms with van der Waals surface area (Å²) in [5, 5.41) is 0. The first-order valence-corrected chi connectivity index (χ1v) is 5.76. The average Bonchev–Trinajstić information content (AvgIpc) is 2.15. The van der Waals surface area contributed by atoms with Crippen molar-refractivity contribution >= 4 is 0 Å². The summed E-state index contributed by atoms with van der Waals surface area (Å²) in [5.74, 6) is 0.862. The minimum Gasteiger partial charge on any atom is -0.301 e. The Morgan fingerprint density at radius 1 is 1.31 bits per heavy atom. The van der Waals surface area contributed by atoms with Crippen molar-refractivity contribution in [2.45, 2.75) is 59.4 Å². The third-order valence-corrected chi connectivity index (χ3v) is 3.17. The van der Waals surface area contributed by atoms with Crippen molar-refractivity contribution in [2.75, 3.05) is 13.6 Å². The van der Waals surface area contributed by atoms with E-state index in [1.165, 1.54) is 25.8 Å². The van der Waals surface area contributed by atoms with Gasteiger partial charge in [0.1, 0.15) is 0 Å². The van der Waals surface area contributed by atoms with Gasteiger partial charge < -0.3 is 4.90 Å². The standard InChI is InChI=1S/C10H21N.C2H6/c1-9(2)5-6-10(3)7-8-11(10)4;1-2/h9H,5-8H2,1-4H3;1-2H3. The Labute approximate surface area is 84.5 Å². The Bertz CT molecular complexity index is 131. The van der Waals surface area contributed by atoms with Crippen LogP contribution in [0.25, 0.3) is 0 Å². The minimum absolute atomic E-state index is 0.546. The molecule has 80 valence electrons. The number of likely N-dealkylation sites (tertiary alicyclic amines) is 1. The molecule has 0 amide bonds. The third kappa shape index (κ3) is 3.68. The van der Waals surface area contributed by atoms with Gasteiger partial charge >= 0.3 is 0 Å². The highest BCUT2D eigenvalue weighted by Crippen LogP contribution is 2.33. The number of rotatable bonds is 3. The largest absolute Gasteiger partial charge is 0.301 e. The van der Waals surface area contributed by atoms with Gasteiger partial charge in [0.2, 0.25) is 0 Å². The SMILES string of the molecule is CC.CC(C)CCC1(C)CCN1C. The second-order valence-corrected chi connectivity index (χ2v) is 4.60. The van der Waals surface area contributed by atoms with Gasteiger partial charge in [0, 0.05) is 12.1 Å². The molecule has 0 radical (unpaired) electrons. The maximum Gasteiger partial charge on any atom is 0.0190 e. The summed E-state index contributed by atoms with van der Waals surface area (Å²) in [6.07, 6.45) is 4.15. The molecular weight excluding hydrogens is 158 g/mol. The molecule has 0 N–H and O–H groups in total. The maximum absolute atomic E-state index is 2.48. The normalized spacial score (nSPS) is 27.9. The zero-order valence-electron chi connectivity index (χ0n) is 10.4. The molecule has 1 unspecified atom stereocenters. The van der Waals surface area contributed by atoms with Crippen LogP contribution in [0.3, 0.4) is 0 Å². The predicted octanol–water partition coefficient (Wildman–Crippen LogP) is 3.54. The minimum atomic E-state index is 0.546. The van der Waals surface area contributed by atoms with E-state index in [9.17, 15) is 0 Å². The highest BCUT2D eigenvalue weighted by Gasteiger charge is 2.36. The van der Waals surface area contributed by atoms with Crippen molar-refractivity contribution < 1.29 is 0 Å². The molecule has 1 nitrogen and oxygen atoms in total. The summed E-state index contributed by atoms with van der Waals surface area (Å²) < 4.78 is 0. The van der Waals surface area contributed by atoms with Crippen LogP contribution in [-0.2, 0) is 0 Å². The average molecular weight is 185 g/mol. The molecule has 1 fully saturated rings. The van der Waals surface area contributed by atoms with Crippen LogP contribution in [0, 0.1) is 5.92 Å². The molecule has 0 spiro atoms. The van der Waals surface area contributed by atoms with Crippen LogP contribution in [0.4, 0.5) is 0 Å². The van der Waals surface area contributed by atoms with Crippen molar-refractivity contribution in [3.63, 3.8) is 0 Å². The maximum atomic E-state index is 2.48. The summed E-state index contributed by atoms with van der Waals surface area (Å²) in [7, 11) is 2.24. The topological polar surface area (TPSA) is 3.24 Å².